The van der Waals surface area contributed by atoms with Crippen LogP contribution in [0.2, 0.25) is 0 Å². The number of aliphatic imine (C=N–C) groups is 1. The van der Waals surface area contributed by atoms with E-state index >= 15 is 0 Å². The van der Waals surface area contributed by atoms with Crippen molar-refractivity contribution in [2.75, 3.05) is 31.5 Å². The fraction of sp³-hybridized carbons (Fsp3) is 0.391. The van der Waals surface area contributed by atoms with Crippen LogP contribution in [0, 0.1) is 5.82 Å². The smallest absolute Gasteiger partial charge is 0.321 e. The summed E-state index contributed by atoms with van der Waals surface area (Å²) in [4.78, 5) is 18.7. The van der Waals surface area contributed by atoms with Crippen molar-refractivity contribution in [1.29, 1.82) is 0 Å². The minimum atomic E-state index is -0.218. The number of benzene rings is 2. The van der Waals surface area contributed by atoms with Crippen LogP contribution in [-0.4, -0.2) is 43.1 Å². The van der Waals surface area contributed by atoms with E-state index in [2.05, 4.69) is 20.9 Å². The van der Waals surface area contributed by atoms with E-state index in [-0.39, 0.29) is 11.8 Å². The molecule has 30 heavy (non-hydrogen) atoms. The zero-order valence-corrected chi connectivity index (χ0v) is 17.5. The summed E-state index contributed by atoms with van der Waals surface area (Å²) in [6.07, 6.45) is 2.85. The Morgan fingerprint density at radius 1 is 1.07 bits per heavy atom. The molecule has 0 spiro atoms. The summed E-state index contributed by atoms with van der Waals surface area (Å²) in [5, 5.41) is 9.48. The number of likely N-dealkylation sites (tertiary alicyclic amines) is 1. The number of hydrogen-bond acceptors (Lipinski definition) is 2. The summed E-state index contributed by atoms with van der Waals surface area (Å²) >= 11 is 0. The van der Waals surface area contributed by atoms with Crippen molar-refractivity contribution in [3.8, 4) is 0 Å². The molecule has 0 unspecified atom stereocenters. The van der Waals surface area contributed by atoms with E-state index < -0.39 is 0 Å². The zero-order chi connectivity index (χ0) is 21.2. The molecular weight excluding hydrogens is 381 g/mol. The van der Waals surface area contributed by atoms with Crippen LogP contribution in [0.3, 0.4) is 0 Å². The van der Waals surface area contributed by atoms with Gasteiger partial charge in [0.15, 0.2) is 5.96 Å². The molecule has 3 N–H and O–H groups in total. The highest BCUT2D eigenvalue weighted by molar-refractivity contribution is 5.89. The van der Waals surface area contributed by atoms with Crippen molar-refractivity contribution in [2.24, 2.45) is 4.99 Å². The summed E-state index contributed by atoms with van der Waals surface area (Å²) in [6.45, 7) is 5.55. The fourth-order valence-corrected chi connectivity index (χ4v) is 3.40. The largest absolute Gasteiger partial charge is 0.357 e. The topological polar surface area (TPSA) is 68.8 Å². The summed E-state index contributed by atoms with van der Waals surface area (Å²) in [5.41, 5.74) is 2.74. The number of rotatable bonds is 7. The van der Waals surface area contributed by atoms with Gasteiger partial charge in [-0.3, -0.25) is 0 Å². The van der Waals surface area contributed by atoms with E-state index in [4.69, 9.17) is 0 Å². The maximum atomic E-state index is 13.3. The number of hydrogen-bond donors (Lipinski definition) is 3. The molecular formula is C23H30FN5O. The first kappa shape index (κ1) is 21.6. The van der Waals surface area contributed by atoms with Crippen molar-refractivity contribution in [1.82, 2.24) is 15.5 Å². The van der Waals surface area contributed by atoms with E-state index in [0.717, 1.165) is 49.3 Å². The quantitative estimate of drug-likeness (QED) is 0.480. The molecule has 160 valence electrons. The molecule has 0 radical (unpaired) electrons. The van der Waals surface area contributed by atoms with Gasteiger partial charge in [-0.25, -0.2) is 14.2 Å². The predicted octanol–water partition coefficient (Wildman–Crippen LogP) is 3.75. The lowest BCUT2D eigenvalue weighted by atomic mass is 10.1. The van der Waals surface area contributed by atoms with Crippen molar-refractivity contribution in [2.45, 2.75) is 32.7 Å². The molecule has 2 aromatic carbocycles. The molecule has 2 aromatic rings. The van der Waals surface area contributed by atoms with Gasteiger partial charge in [0.05, 0.1) is 6.54 Å². The van der Waals surface area contributed by atoms with Crippen LogP contribution in [0.1, 0.15) is 30.9 Å². The number of halogens is 1. The van der Waals surface area contributed by atoms with Gasteiger partial charge in [-0.05, 0) is 61.6 Å². The Kier molecular flexibility index (Phi) is 8.06. The molecule has 2 amide bonds. The third-order valence-corrected chi connectivity index (χ3v) is 4.93. The van der Waals surface area contributed by atoms with Crippen molar-refractivity contribution in [3.05, 3.63) is 65.5 Å². The zero-order valence-electron chi connectivity index (χ0n) is 17.5. The Morgan fingerprint density at radius 3 is 2.60 bits per heavy atom. The van der Waals surface area contributed by atoms with E-state index in [9.17, 15) is 9.18 Å². The summed E-state index contributed by atoms with van der Waals surface area (Å²) in [7, 11) is 0. The number of urea groups is 1. The first-order chi connectivity index (χ1) is 14.6. The first-order valence-corrected chi connectivity index (χ1v) is 10.6. The lowest BCUT2D eigenvalue weighted by Gasteiger charge is -2.16. The first-order valence-electron chi connectivity index (χ1n) is 10.6. The molecule has 0 atom stereocenters. The predicted molar refractivity (Wildman–Crippen MR) is 119 cm³/mol. The summed E-state index contributed by atoms with van der Waals surface area (Å²) in [6, 6.07) is 14.4. The maximum Gasteiger partial charge on any atom is 0.321 e. The summed E-state index contributed by atoms with van der Waals surface area (Å²) in [5.74, 6) is 0.491. The molecule has 1 saturated heterocycles. The van der Waals surface area contributed by atoms with Gasteiger partial charge in [0.25, 0.3) is 0 Å². The lowest BCUT2D eigenvalue weighted by Crippen LogP contribution is -2.38. The highest BCUT2D eigenvalue weighted by Gasteiger charge is 2.17. The Morgan fingerprint density at radius 2 is 1.83 bits per heavy atom. The second-order valence-corrected chi connectivity index (χ2v) is 7.33. The van der Waals surface area contributed by atoms with E-state index in [1.165, 1.54) is 6.07 Å². The number of carbonyl (C=O) groups excluding carboxylic acids is 1. The molecule has 6 nitrogen and oxygen atoms in total. The van der Waals surface area contributed by atoms with Crippen molar-refractivity contribution in [3.63, 3.8) is 0 Å². The van der Waals surface area contributed by atoms with Gasteiger partial charge in [0, 0.05) is 31.9 Å². The van der Waals surface area contributed by atoms with Gasteiger partial charge in [-0.15, -0.1) is 0 Å². The van der Waals surface area contributed by atoms with Crippen LogP contribution in [-0.2, 0) is 13.0 Å². The minimum absolute atomic E-state index is 0.0412. The monoisotopic (exact) mass is 411 g/mol. The number of anilines is 1. The standard InChI is InChI=1S/C23H30FN5O/c1-2-25-22(26-12-11-18-7-5-9-20(24)15-18)27-17-19-8-6-10-21(16-19)28-23(30)29-13-3-4-14-29/h5-10,15-16H,2-4,11-14,17H2,1H3,(H,28,30)(H2,25,26,27). The average Bonchev–Trinajstić information content (AvgIpc) is 3.27. The normalized spacial score (nSPS) is 13.9. The molecule has 1 fully saturated rings. The van der Waals surface area contributed by atoms with Gasteiger partial charge >= 0.3 is 6.03 Å². The molecule has 1 heterocycles. The fourth-order valence-electron chi connectivity index (χ4n) is 3.40. The molecule has 0 aromatic heterocycles. The van der Waals surface area contributed by atoms with Gasteiger partial charge in [0.2, 0.25) is 0 Å². The molecule has 0 saturated carbocycles. The van der Waals surface area contributed by atoms with Crippen LogP contribution >= 0.6 is 0 Å². The number of nitrogens with one attached hydrogen (secondary N) is 3. The van der Waals surface area contributed by atoms with Crippen molar-refractivity contribution < 1.29 is 9.18 Å². The van der Waals surface area contributed by atoms with Crippen LogP contribution < -0.4 is 16.0 Å². The Labute approximate surface area is 177 Å². The van der Waals surface area contributed by atoms with Crippen LogP contribution in [0.5, 0.6) is 0 Å². The van der Waals surface area contributed by atoms with Gasteiger partial charge in [0.1, 0.15) is 5.82 Å². The number of amides is 2. The molecule has 1 aliphatic heterocycles. The molecule has 1 aliphatic rings. The van der Waals surface area contributed by atoms with E-state index in [1.807, 2.05) is 42.2 Å². The minimum Gasteiger partial charge on any atom is -0.357 e. The molecule has 0 bridgehead atoms. The SMILES string of the molecule is CCNC(=NCc1cccc(NC(=O)N2CCCC2)c1)NCCc1cccc(F)c1. The van der Waals surface area contributed by atoms with Gasteiger partial charge in [-0.1, -0.05) is 24.3 Å². The number of guanidine groups is 1. The highest BCUT2D eigenvalue weighted by atomic mass is 19.1. The highest BCUT2D eigenvalue weighted by Crippen LogP contribution is 2.14. The molecule has 0 aliphatic carbocycles. The Bertz CT molecular complexity index is 864. The molecule has 7 heteroatoms. The third kappa shape index (κ3) is 6.76. The van der Waals surface area contributed by atoms with Crippen LogP contribution in [0.25, 0.3) is 0 Å². The lowest BCUT2D eigenvalue weighted by molar-refractivity contribution is 0.222. The van der Waals surface area contributed by atoms with Crippen molar-refractivity contribution >= 4 is 17.7 Å². The second kappa shape index (κ2) is 11.2. The van der Waals surface area contributed by atoms with E-state index in [1.54, 1.807) is 12.1 Å². The van der Waals surface area contributed by atoms with Gasteiger partial charge in [-0.2, -0.15) is 0 Å². The maximum absolute atomic E-state index is 13.3. The average molecular weight is 412 g/mol. The van der Waals surface area contributed by atoms with Crippen LogP contribution in [0.15, 0.2) is 53.5 Å². The second-order valence-electron chi connectivity index (χ2n) is 7.33. The van der Waals surface area contributed by atoms with E-state index in [0.29, 0.717) is 25.5 Å². The third-order valence-electron chi connectivity index (χ3n) is 4.93. The number of carbonyl (C=O) groups is 1. The van der Waals surface area contributed by atoms with Gasteiger partial charge < -0.3 is 20.9 Å². The summed E-state index contributed by atoms with van der Waals surface area (Å²) < 4.78 is 13.3. The van der Waals surface area contributed by atoms with Crippen LogP contribution in [0.4, 0.5) is 14.9 Å². The molecule has 3 rings (SSSR count). The Balaban J connectivity index is 1.53. The Hall–Kier alpha value is -3.09. The number of nitrogens with zero attached hydrogens (tertiary/aromatic N) is 2.